The van der Waals surface area contributed by atoms with Crippen LogP contribution < -0.4 is 5.32 Å². The number of hydrogen-bond acceptors (Lipinski definition) is 2. The summed E-state index contributed by atoms with van der Waals surface area (Å²) in [6.07, 6.45) is 2.58. The second-order valence-electron chi connectivity index (χ2n) is 9.48. The van der Waals surface area contributed by atoms with Crippen LogP contribution in [0.4, 0.5) is 0 Å². The Morgan fingerprint density at radius 1 is 1.10 bits per heavy atom. The number of amides is 1. The van der Waals surface area contributed by atoms with Gasteiger partial charge in [-0.1, -0.05) is 24.3 Å². The van der Waals surface area contributed by atoms with Gasteiger partial charge in [0.2, 0.25) is 0 Å². The summed E-state index contributed by atoms with van der Waals surface area (Å²) < 4.78 is 2.29. The lowest BCUT2D eigenvalue weighted by Crippen LogP contribution is -2.40. The van der Waals surface area contributed by atoms with Gasteiger partial charge >= 0.3 is 0 Å². The van der Waals surface area contributed by atoms with Gasteiger partial charge in [-0.05, 0) is 82.9 Å². The Morgan fingerprint density at radius 2 is 1.77 bits per heavy atom. The zero-order valence-electron chi connectivity index (χ0n) is 18.4. The zero-order chi connectivity index (χ0) is 21.5. The number of nitrogens with one attached hydrogen (secondary N) is 1. The van der Waals surface area contributed by atoms with Gasteiger partial charge in [-0.3, -0.25) is 4.79 Å². The molecule has 2 aromatic heterocycles. The van der Waals surface area contributed by atoms with Crippen molar-refractivity contribution in [2.45, 2.75) is 65.0 Å². The van der Waals surface area contributed by atoms with Gasteiger partial charge in [0, 0.05) is 31.1 Å². The zero-order valence-corrected chi connectivity index (χ0v) is 19.3. The highest BCUT2D eigenvalue weighted by Gasteiger charge is 2.23. The van der Waals surface area contributed by atoms with Gasteiger partial charge < -0.3 is 9.65 Å². The Hall–Kier alpha value is -2.45. The van der Waals surface area contributed by atoms with E-state index in [0.717, 1.165) is 36.9 Å². The SMILES string of the molecule is CC(C)n1pccc1-c1cc(C(=O)NC(C)(C)C)cc(-c2ccc(C3CC3)cc2)n1. The van der Waals surface area contributed by atoms with Crippen LogP contribution in [-0.2, 0) is 0 Å². The van der Waals surface area contributed by atoms with Crippen LogP contribution in [-0.4, -0.2) is 20.8 Å². The molecule has 0 aliphatic heterocycles. The first-order valence-corrected chi connectivity index (χ1v) is 11.6. The van der Waals surface area contributed by atoms with Crippen LogP contribution in [0.3, 0.4) is 0 Å². The largest absolute Gasteiger partial charge is 0.347 e. The fourth-order valence-electron chi connectivity index (χ4n) is 3.62. The molecule has 5 heteroatoms. The van der Waals surface area contributed by atoms with E-state index in [0.29, 0.717) is 11.6 Å². The summed E-state index contributed by atoms with van der Waals surface area (Å²) in [7, 11) is 1.14. The minimum atomic E-state index is -0.296. The number of aromatic nitrogens is 2. The van der Waals surface area contributed by atoms with Crippen molar-refractivity contribution < 1.29 is 4.79 Å². The molecule has 0 bridgehead atoms. The van der Waals surface area contributed by atoms with Gasteiger partial charge in [0.15, 0.2) is 0 Å². The van der Waals surface area contributed by atoms with E-state index < -0.39 is 0 Å². The molecular weight excluding hydrogens is 389 g/mol. The Labute approximate surface area is 180 Å². The highest BCUT2D eigenvalue weighted by molar-refractivity contribution is 7.25. The third-order valence-electron chi connectivity index (χ3n) is 5.25. The summed E-state index contributed by atoms with van der Waals surface area (Å²) in [5.74, 6) is 2.78. The lowest BCUT2D eigenvalue weighted by Gasteiger charge is -2.21. The molecule has 3 aromatic rings. The van der Waals surface area contributed by atoms with E-state index in [9.17, 15) is 4.79 Å². The van der Waals surface area contributed by atoms with E-state index in [1.54, 1.807) is 0 Å². The van der Waals surface area contributed by atoms with Gasteiger partial charge in [0.1, 0.15) is 0 Å². The van der Waals surface area contributed by atoms with Crippen molar-refractivity contribution >= 4 is 14.3 Å². The van der Waals surface area contributed by atoms with E-state index in [1.807, 2.05) is 32.9 Å². The summed E-state index contributed by atoms with van der Waals surface area (Å²) in [6.45, 7) is 10.3. The number of hydrogen-bond donors (Lipinski definition) is 1. The summed E-state index contributed by atoms with van der Waals surface area (Å²) in [5.41, 5.74) is 5.53. The normalized spacial score (nSPS) is 14.5. The van der Waals surface area contributed by atoms with Crippen LogP contribution in [0.25, 0.3) is 22.6 Å². The van der Waals surface area contributed by atoms with Gasteiger partial charge in [0.25, 0.3) is 5.91 Å². The van der Waals surface area contributed by atoms with Crippen molar-refractivity contribution in [1.29, 1.82) is 0 Å². The number of carbonyl (C=O) groups is 1. The van der Waals surface area contributed by atoms with Crippen molar-refractivity contribution in [3.63, 3.8) is 0 Å². The maximum Gasteiger partial charge on any atom is 0.251 e. The Morgan fingerprint density at radius 3 is 2.37 bits per heavy atom. The molecule has 0 saturated heterocycles. The Balaban J connectivity index is 1.79. The molecule has 0 unspecified atom stereocenters. The molecule has 1 amide bonds. The molecule has 1 N–H and O–H groups in total. The monoisotopic (exact) mass is 419 g/mol. The molecule has 2 heterocycles. The fourth-order valence-corrected chi connectivity index (χ4v) is 4.54. The molecule has 30 heavy (non-hydrogen) atoms. The van der Waals surface area contributed by atoms with Crippen molar-refractivity contribution in [3.05, 3.63) is 59.4 Å². The Kier molecular flexibility index (Phi) is 5.55. The first kappa shape index (κ1) is 20.8. The van der Waals surface area contributed by atoms with E-state index in [-0.39, 0.29) is 11.4 Å². The molecule has 0 spiro atoms. The quantitative estimate of drug-likeness (QED) is 0.495. The number of nitrogens with zero attached hydrogens (tertiary/aromatic N) is 2. The number of rotatable bonds is 5. The Bertz CT molecular complexity index is 1060. The summed E-state index contributed by atoms with van der Waals surface area (Å²) >= 11 is 0. The summed E-state index contributed by atoms with van der Waals surface area (Å²) in [5, 5.41) is 3.09. The molecule has 1 saturated carbocycles. The molecule has 1 aromatic carbocycles. The van der Waals surface area contributed by atoms with Crippen LogP contribution in [0.5, 0.6) is 0 Å². The number of carbonyl (C=O) groups excluding carboxylic acids is 1. The van der Waals surface area contributed by atoms with Gasteiger partial charge in [-0.25, -0.2) is 4.98 Å². The molecule has 1 fully saturated rings. The standard InChI is InChI=1S/C25H30N3OP/c1-16(2)28-23(12-13-30-28)22-15-20(24(29)27-25(3,4)5)14-21(26-22)19-10-8-18(9-11-19)17-6-7-17/h8-17H,6-7H2,1-5H3,(H,27,29). The highest BCUT2D eigenvalue weighted by Crippen LogP contribution is 2.40. The highest BCUT2D eigenvalue weighted by atomic mass is 31.0. The summed E-state index contributed by atoms with van der Waals surface area (Å²) in [6, 6.07) is 15.0. The molecule has 1 aliphatic carbocycles. The van der Waals surface area contributed by atoms with Crippen LogP contribution in [0, 0.1) is 0 Å². The first-order chi connectivity index (χ1) is 14.2. The molecule has 1 aliphatic rings. The molecule has 156 valence electrons. The average molecular weight is 420 g/mol. The van der Waals surface area contributed by atoms with E-state index in [2.05, 4.69) is 59.6 Å². The fraction of sp³-hybridized carbons (Fsp3) is 0.400. The number of benzene rings is 1. The topological polar surface area (TPSA) is 46.9 Å². The van der Waals surface area contributed by atoms with Crippen molar-refractivity contribution in [2.24, 2.45) is 0 Å². The van der Waals surface area contributed by atoms with E-state index in [4.69, 9.17) is 4.98 Å². The van der Waals surface area contributed by atoms with Gasteiger partial charge in [0.05, 0.1) is 17.1 Å². The molecule has 4 nitrogen and oxygen atoms in total. The second-order valence-corrected chi connectivity index (χ2v) is 10.4. The third-order valence-corrected chi connectivity index (χ3v) is 6.46. The number of pyridine rings is 1. The third kappa shape index (κ3) is 4.65. The minimum Gasteiger partial charge on any atom is -0.347 e. The maximum absolute atomic E-state index is 13.0. The maximum atomic E-state index is 13.0. The van der Waals surface area contributed by atoms with Crippen molar-refractivity contribution in [3.8, 4) is 22.6 Å². The average Bonchev–Trinajstić information content (AvgIpc) is 3.42. The lowest BCUT2D eigenvalue weighted by atomic mass is 10.0. The van der Waals surface area contributed by atoms with Gasteiger partial charge in [-0.2, -0.15) is 0 Å². The molecular formula is C25H30N3OP. The van der Waals surface area contributed by atoms with E-state index >= 15 is 0 Å². The predicted octanol–water partition coefficient (Wildman–Crippen LogP) is 6.78. The van der Waals surface area contributed by atoms with E-state index in [1.165, 1.54) is 18.4 Å². The van der Waals surface area contributed by atoms with Crippen LogP contribution in [0.1, 0.15) is 75.3 Å². The first-order valence-electron chi connectivity index (χ1n) is 10.7. The minimum absolute atomic E-state index is 0.0711. The second kappa shape index (κ2) is 8.00. The van der Waals surface area contributed by atoms with Crippen molar-refractivity contribution in [1.82, 2.24) is 14.6 Å². The van der Waals surface area contributed by atoms with Crippen LogP contribution in [0.15, 0.2) is 48.3 Å². The van der Waals surface area contributed by atoms with Gasteiger partial charge in [-0.15, -0.1) is 0 Å². The molecule has 0 radical (unpaired) electrons. The summed E-state index contributed by atoms with van der Waals surface area (Å²) in [4.78, 5) is 18.0. The smallest absolute Gasteiger partial charge is 0.251 e. The molecule has 0 atom stereocenters. The molecule has 4 rings (SSSR count). The van der Waals surface area contributed by atoms with Crippen molar-refractivity contribution in [2.75, 3.05) is 0 Å². The predicted molar refractivity (Wildman–Crippen MR) is 125 cm³/mol. The lowest BCUT2D eigenvalue weighted by molar-refractivity contribution is 0.0919. The van der Waals surface area contributed by atoms with Crippen LogP contribution in [0.2, 0.25) is 0 Å². The van der Waals surface area contributed by atoms with Crippen LogP contribution >= 0.6 is 8.35 Å².